The normalized spacial score (nSPS) is 17.3. The highest BCUT2D eigenvalue weighted by Crippen LogP contribution is 2.43. The molecule has 0 spiro atoms. The molecule has 31 heavy (non-hydrogen) atoms. The van der Waals surface area contributed by atoms with Crippen molar-refractivity contribution >= 4 is 16.0 Å². The van der Waals surface area contributed by atoms with Crippen LogP contribution in [0.1, 0.15) is 37.0 Å². The number of hydrogen-bond acceptors (Lipinski definition) is 5. The number of aliphatic hydroxyl groups excluding tert-OH is 1. The number of piperidine rings is 1. The number of carbonyl (C=O) groups excluding carboxylic acids is 1. The monoisotopic (exact) mass is 453 g/mol. The second-order valence-corrected chi connectivity index (χ2v) is 9.67. The van der Waals surface area contributed by atoms with Gasteiger partial charge in [0, 0.05) is 25.9 Å². The van der Waals surface area contributed by atoms with E-state index in [0.717, 1.165) is 5.56 Å². The highest BCUT2D eigenvalue weighted by Gasteiger charge is 2.48. The molecule has 0 aliphatic carbocycles. The third-order valence-corrected chi connectivity index (χ3v) is 7.39. The topological polar surface area (TPSA) is 83.9 Å². The average Bonchev–Trinajstić information content (AvgIpc) is 2.74. The van der Waals surface area contributed by atoms with Crippen LogP contribution in [0.4, 0.5) is 8.78 Å². The molecule has 1 atom stereocenters. The van der Waals surface area contributed by atoms with Gasteiger partial charge in [0.25, 0.3) is 5.92 Å². The summed E-state index contributed by atoms with van der Waals surface area (Å²) >= 11 is 0. The van der Waals surface area contributed by atoms with Crippen LogP contribution >= 0.6 is 0 Å². The number of nitrogens with zero attached hydrogens (tertiary/aromatic N) is 1. The molecule has 1 N–H and O–H groups in total. The summed E-state index contributed by atoms with van der Waals surface area (Å²) in [5.74, 6) is -4.95. The summed E-state index contributed by atoms with van der Waals surface area (Å²) in [6.45, 7) is 2.98. The zero-order valence-corrected chi connectivity index (χ0v) is 18.1. The van der Waals surface area contributed by atoms with E-state index in [9.17, 15) is 27.1 Å². The van der Waals surface area contributed by atoms with Crippen LogP contribution in [0.5, 0.6) is 5.75 Å². The molecule has 0 saturated carbocycles. The minimum atomic E-state index is -3.75. The molecule has 1 saturated heterocycles. The molecule has 0 radical (unpaired) electrons. The summed E-state index contributed by atoms with van der Waals surface area (Å²) in [6.07, 6.45) is -2.19. The Balaban J connectivity index is 1.67. The van der Waals surface area contributed by atoms with E-state index >= 15 is 0 Å². The third-order valence-electron chi connectivity index (χ3n) is 5.48. The first-order valence-electron chi connectivity index (χ1n) is 9.93. The van der Waals surface area contributed by atoms with Crippen molar-refractivity contribution < 1.29 is 31.8 Å². The molecule has 168 valence electrons. The molecular weight excluding hydrogens is 428 g/mol. The Morgan fingerprint density at radius 2 is 1.65 bits per heavy atom. The van der Waals surface area contributed by atoms with Crippen molar-refractivity contribution in [1.29, 1.82) is 0 Å². The standard InChI is InChI=1S/C22H25F2NO5S/c1-15-3-9-20(10-4-15)31(28,29)25-13-11-18(12-14-25)22(23,24)21(27)17-5-7-19(8-6-17)30-16(2)26/h3-10,18,21,27H,11-14H2,1-2H3. The molecule has 1 aliphatic rings. The number of carbonyl (C=O) groups is 1. The van der Waals surface area contributed by atoms with E-state index in [1.165, 1.54) is 47.6 Å². The van der Waals surface area contributed by atoms with Gasteiger partial charge in [-0.05, 0) is 49.6 Å². The zero-order valence-electron chi connectivity index (χ0n) is 17.3. The number of aryl methyl sites for hydroxylation is 1. The maximum Gasteiger partial charge on any atom is 0.308 e. The van der Waals surface area contributed by atoms with E-state index in [1.807, 2.05) is 6.92 Å². The second-order valence-electron chi connectivity index (χ2n) is 7.73. The van der Waals surface area contributed by atoms with Crippen molar-refractivity contribution in [3.8, 4) is 5.75 Å². The first kappa shape index (κ1) is 23.3. The van der Waals surface area contributed by atoms with Gasteiger partial charge in [-0.2, -0.15) is 4.31 Å². The van der Waals surface area contributed by atoms with Gasteiger partial charge in [0.2, 0.25) is 10.0 Å². The Bertz CT molecular complexity index is 1010. The molecule has 0 aromatic heterocycles. The van der Waals surface area contributed by atoms with Crippen molar-refractivity contribution in [2.45, 2.75) is 43.6 Å². The van der Waals surface area contributed by atoms with Gasteiger partial charge >= 0.3 is 5.97 Å². The van der Waals surface area contributed by atoms with Crippen LogP contribution in [0, 0.1) is 12.8 Å². The molecule has 1 heterocycles. The van der Waals surface area contributed by atoms with E-state index in [0.29, 0.717) is 0 Å². The molecule has 2 aromatic rings. The number of aliphatic hydroxyl groups is 1. The fourth-order valence-electron chi connectivity index (χ4n) is 3.67. The minimum absolute atomic E-state index is 0.00407. The van der Waals surface area contributed by atoms with Crippen molar-refractivity contribution in [2.24, 2.45) is 5.92 Å². The van der Waals surface area contributed by atoms with Gasteiger partial charge in [-0.1, -0.05) is 29.8 Å². The van der Waals surface area contributed by atoms with Gasteiger partial charge in [-0.15, -0.1) is 0 Å². The Morgan fingerprint density at radius 3 is 2.16 bits per heavy atom. The fourth-order valence-corrected chi connectivity index (χ4v) is 5.14. The van der Waals surface area contributed by atoms with Crippen molar-refractivity contribution in [2.75, 3.05) is 13.1 Å². The predicted octanol–water partition coefficient (Wildman–Crippen LogP) is 3.69. The second kappa shape index (κ2) is 9.02. The van der Waals surface area contributed by atoms with Crippen LogP contribution in [0.2, 0.25) is 0 Å². The van der Waals surface area contributed by atoms with Crippen LogP contribution in [-0.2, 0) is 14.8 Å². The first-order chi connectivity index (χ1) is 14.5. The Labute approximate surface area is 180 Å². The number of ether oxygens (including phenoxy) is 1. The molecule has 1 fully saturated rings. The first-order valence-corrected chi connectivity index (χ1v) is 11.4. The lowest BCUT2D eigenvalue weighted by atomic mass is 9.86. The zero-order chi connectivity index (χ0) is 22.8. The Kier molecular flexibility index (Phi) is 6.78. The molecule has 0 amide bonds. The predicted molar refractivity (Wildman–Crippen MR) is 110 cm³/mol. The summed E-state index contributed by atoms with van der Waals surface area (Å²) in [7, 11) is -3.75. The van der Waals surface area contributed by atoms with Gasteiger partial charge < -0.3 is 9.84 Å². The van der Waals surface area contributed by atoms with E-state index in [-0.39, 0.29) is 42.1 Å². The number of rotatable bonds is 6. The van der Waals surface area contributed by atoms with E-state index in [4.69, 9.17) is 4.74 Å². The van der Waals surface area contributed by atoms with Crippen molar-refractivity contribution in [3.63, 3.8) is 0 Å². The lowest BCUT2D eigenvalue weighted by Gasteiger charge is -2.37. The van der Waals surface area contributed by atoms with Crippen LogP contribution in [0.25, 0.3) is 0 Å². The highest BCUT2D eigenvalue weighted by atomic mass is 32.2. The summed E-state index contributed by atoms with van der Waals surface area (Å²) in [4.78, 5) is 11.1. The maximum atomic E-state index is 15.0. The Morgan fingerprint density at radius 1 is 1.10 bits per heavy atom. The minimum Gasteiger partial charge on any atom is -0.427 e. The summed E-state index contributed by atoms with van der Waals surface area (Å²) in [5, 5.41) is 10.3. The van der Waals surface area contributed by atoms with Gasteiger partial charge in [-0.25, -0.2) is 17.2 Å². The lowest BCUT2D eigenvalue weighted by Crippen LogP contribution is -2.45. The lowest BCUT2D eigenvalue weighted by molar-refractivity contribution is -0.158. The van der Waals surface area contributed by atoms with Crippen molar-refractivity contribution in [1.82, 2.24) is 4.31 Å². The average molecular weight is 454 g/mol. The van der Waals surface area contributed by atoms with Crippen LogP contribution in [0.15, 0.2) is 53.4 Å². The van der Waals surface area contributed by atoms with Crippen LogP contribution in [0.3, 0.4) is 0 Å². The molecule has 1 unspecified atom stereocenters. The molecule has 3 rings (SSSR count). The quantitative estimate of drug-likeness (QED) is 0.533. The molecule has 1 aliphatic heterocycles. The van der Waals surface area contributed by atoms with Crippen LogP contribution in [-0.4, -0.2) is 42.8 Å². The SMILES string of the molecule is CC(=O)Oc1ccc(C(O)C(F)(F)C2CCN(S(=O)(=O)c3ccc(C)cc3)CC2)cc1. The largest absolute Gasteiger partial charge is 0.427 e. The van der Waals surface area contributed by atoms with Gasteiger partial charge in [0.1, 0.15) is 11.9 Å². The maximum absolute atomic E-state index is 15.0. The number of halogens is 2. The van der Waals surface area contributed by atoms with Gasteiger partial charge in [-0.3, -0.25) is 4.79 Å². The smallest absolute Gasteiger partial charge is 0.308 e. The molecule has 6 nitrogen and oxygen atoms in total. The van der Waals surface area contributed by atoms with E-state index in [1.54, 1.807) is 12.1 Å². The van der Waals surface area contributed by atoms with Gasteiger partial charge in [0.15, 0.2) is 0 Å². The van der Waals surface area contributed by atoms with Crippen LogP contribution < -0.4 is 4.74 Å². The summed E-state index contributed by atoms with van der Waals surface area (Å²) in [6, 6.07) is 11.7. The number of sulfonamides is 1. The summed E-state index contributed by atoms with van der Waals surface area (Å²) < 4.78 is 61.6. The molecular formula is C22H25F2NO5S. The fraction of sp³-hybridized carbons (Fsp3) is 0.409. The third kappa shape index (κ3) is 5.11. The number of benzene rings is 2. The molecule has 9 heteroatoms. The van der Waals surface area contributed by atoms with E-state index < -0.39 is 33.9 Å². The number of hydrogen-bond donors (Lipinski definition) is 1. The number of esters is 1. The number of alkyl halides is 2. The highest BCUT2D eigenvalue weighted by molar-refractivity contribution is 7.89. The van der Waals surface area contributed by atoms with Crippen molar-refractivity contribution in [3.05, 3.63) is 59.7 Å². The Hall–Kier alpha value is -2.36. The summed E-state index contributed by atoms with van der Waals surface area (Å²) in [5.41, 5.74) is 0.919. The van der Waals surface area contributed by atoms with E-state index in [2.05, 4.69) is 0 Å². The molecule has 0 bridgehead atoms. The van der Waals surface area contributed by atoms with Gasteiger partial charge in [0.05, 0.1) is 4.90 Å². The molecule has 2 aromatic carbocycles.